The van der Waals surface area contributed by atoms with Crippen molar-refractivity contribution in [3.05, 3.63) is 29.6 Å². The molecule has 0 radical (unpaired) electrons. The molecule has 2 aromatic heterocycles. The molecule has 0 saturated carbocycles. The van der Waals surface area contributed by atoms with Gasteiger partial charge >= 0.3 is 0 Å². The summed E-state index contributed by atoms with van der Waals surface area (Å²) in [6.45, 7) is 9.65. The van der Waals surface area contributed by atoms with Crippen LogP contribution in [0.3, 0.4) is 0 Å². The molecule has 0 amide bonds. The number of aryl methyl sites for hydroxylation is 2. The Morgan fingerprint density at radius 2 is 2.18 bits per heavy atom. The maximum Gasteiger partial charge on any atom is 0.137 e. The predicted octanol–water partition coefficient (Wildman–Crippen LogP) is 2.28. The van der Waals surface area contributed by atoms with Crippen LogP contribution in [0.5, 0.6) is 0 Å². The lowest BCUT2D eigenvalue weighted by atomic mass is 9.96. The van der Waals surface area contributed by atoms with E-state index in [1.165, 1.54) is 18.4 Å². The van der Waals surface area contributed by atoms with E-state index in [4.69, 9.17) is 0 Å². The molecule has 1 fully saturated rings. The minimum Gasteiger partial charge on any atom is -0.315 e. The first-order chi connectivity index (χ1) is 10.5. The molecule has 0 aromatic carbocycles. The van der Waals surface area contributed by atoms with Crippen molar-refractivity contribution in [2.24, 2.45) is 7.05 Å². The predicted molar refractivity (Wildman–Crippen MR) is 85.6 cm³/mol. The monoisotopic (exact) mass is 302 g/mol. The summed E-state index contributed by atoms with van der Waals surface area (Å²) in [6.07, 6.45) is 6.42. The highest BCUT2D eigenvalue weighted by Gasteiger charge is 2.26. The molecule has 1 aliphatic rings. The fourth-order valence-corrected chi connectivity index (χ4v) is 3.40. The van der Waals surface area contributed by atoms with Gasteiger partial charge in [0, 0.05) is 43.9 Å². The van der Waals surface area contributed by atoms with E-state index in [0.29, 0.717) is 12.0 Å². The van der Waals surface area contributed by atoms with Gasteiger partial charge in [0.25, 0.3) is 0 Å². The lowest BCUT2D eigenvalue weighted by molar-refractivity contribution is 0.193. The molecule has 3 heterocycles. The zero-order valence-electron chi connectivity index (χ0n) is 14.0. The fourth-order valence-electron chi connectivity index (χ4n) is 3.40. The molecule has 0 spiro atoms. The Kier molecular flexibility index (Phi) is 4.29. The van der Waals surface area contributed by atoms with Gasteiger partial charge in [0.2, 0.25) is 0 Å². The second kappa shape index (κ2) is 6.20. The van der Waals surface area contributed by atoms with Gasteiger partial charge in [0.15, 0.2) is 0 Å². The van der Waals surface area contributed by atoms with Gasteiger partial charge < -0.3 is 4.57 Å². The molecule has 1 saturated heterocycles. The molecule has 1 atom stereocenters. The zero-order chi connectivity index (χ0) is 15.7. The lowest BCUT2D eigenvalue weighted by Crippen LogP contribution is -2.35. The van der Waals surface area contributed by atoms with E-state index >= 15 is 0 Å². The Morgan fingerprint density at radius 3 is 2.86 bits per heavy atom. The summed E-state index contributed by atoms with van der Waals surface area (Å²) in [5, 5.41) is 13.0. The molecule has 6 nitrogen and oxygen atoms in total. The third-order valence-electron chi connectivity index (χ3n) is 4.54. The Balaban J connectivity index is 1.71. The number of nitrogens with zero attached hydrogens (tertiary/aromatic N) is 6. The summed E-state index contributed by atoms with van der Waals surface area (Å²) in [6, 6.07) is 0.418. The van der Waals surface area contributed by atoms with E-state index in [9.17, 15) is 0 Å². The normalized spacial score (nSPS) is 20.0. The van der Waals surface area contributed by atoms with Gasteiger partial charge in [-0.3, -0.25) is 9.58 Å². The molecule has 120 valence electrons. The number of aromatic nitrogens is 5. The molecular weight excluding hydrogens is 276 g/mol. The summed E-state index contributed by atoms with van der Waals surface area (Å²) in [5.41, 5.74) is 2.46. The summed E-state index contributed by atoms with van der Waals surface area (Å²) in [5.74, 6) is 1.62. The molecular formula is C16H26N6. The van der Waals surface area contributed by atoms with E-state index in [1.807, 2.05) is 18.1 Å². The Hall–Kier alpha value is -1.69. The molecule has 3 rings (SSSR count). The standard InChI is InChI=1S/C16H26N6/c1-12(2)22-11-17-18-16(22)14-6-5-7-21(9-14)10-15-8-20(4)19-13(15)3/h8,11-12,14H,5-7,9-10H2,1-4H3/t14-/m0/s1. The first kappa shape index (κ1) is 15.2. The van der Waals surface area contributed by atoms with Gasteiger partial charge in [-0.15, -0.1) is 10.2 Å². The van der Waals surface area contributed by atoms with Crippen molar-refractivity contribution < 1.29 is 0 Å². The fraction of sp³-hybridized carbons (Fsp3) is 0.688. The highest BCUT2D eigenvalue weighted by atomic mass is 15.3. The quantitative estimate of drug-likeness (QED) is 0.869. The first-order valence-electron chi connectivity index (χ1n) is 8.15. The van der Waals surface area contributed by atoms with Crippen LogP contribution in [-0.2, 0) is 13.6 Å². The highest BCUT2D eigenvalue weighted by Crippen LogP contribution is 2.28. The number of hydrogen-bond donors (Lipinski definition) is 0. The van der Waals surface area contributed by atoms with E-state index in [1.54, 1.807) is 0 Å². The van der Waals surface area contributed by atoms with Crippen LogP contribution < -0.4 is 0 Å². The molecule has 1 aliphatic heterocycles. The number of rotatable bonds is 4. The van der Waals surface area contributed by atoms with Crippen LogP contribution in [0.15, 0.2) is 12.5 Å². The van der Waals surface area contributed by atoms with Gasteiger partial charge in [-0.2, -0.15) is 5.10 Å². The zero-order valence-corrected chi connectivity index (χ0v) is 14.0. The van der Waals surface area contributed by atoms with Crippen LogP contribution in [0.25, 0.3) is 0 Å². The lowest BCUT2D eigenvalue weighted by Gasteiger charge is -2.32. The molecule has 0 unspecified atom stereocenters. The van der Waals surface area contributed by atoms with Crippen LogP contribution in [0.2, 0.25) is 0 Å². The summed E-state index contributed by atoms with van der Waals surface area (Å²) in [4.78, 5) is 2.53. The summed E-state index contributed by atoms with van der Waals surface area (Å²) < 4.78 is 4.12. The summed E-state index contributed by atoms with van der Waals surface area (Å²) >= 11 is 0. The van der Waals surface area contributed by atoms with E-state index in [0.717, 1.165) is 31.2 Å². The maximum absolute atomic E-state index is 4.45. The number of likely N-dealkylation sites (tertiary alicyclic amines) is 1. The van der Waals surface area contributed by atoms with E-state index in [2.05, 4.69) is 51.7 Å². The van der Waals surface area contributed by atoms with Gasteiger partial charge in [0.05, 0.1) is 5.69 Å². The van der Waals surface area contributed by atoms with Crippen molar-refractivity contribution >= 4 is 0 Å². The average Bonchev–Trinajstić information content (AvgIpc) is 3.06. The molecule has 6 heteroatoms. The SMILES string of the molecule is Cc1nn(C)cc1CN1CCC[C@H](c2nncn2C(C)C)C1. The number of piperidine rings is 1. The molecule has 22 heavy (non-hydrogen) atoms. The number of hydrogen-bond acceptors (Lipinski definition) is 4. The second-order valence-corrected chi connectivity index (χ2v) is 6.68. The molecule has 2 aromatic rings. The topological polar surface area (TPSA) is 51.8 Å². The second-order valence-electron chi connectivity index (χ2n) is 6.68. The van der Waals surface area contributed by atoms with Crippen molar-refractivity contribution in [1.29, 1.82) is 0 Å². The van der Waals surface area contributed by atoms with E-state index in [-0.39, 0.29) is 0 Å². The third-order valence-corrected chi connectivity index (χ3v) is 4.54. The van der Waals surface area contributed by atoms with Gasteiger partial charge in [-0.05, 0) is 40.2 Å². The van der Waals surface area contributed by atoms with E-state index < -0.39 is 0 Å². The molecule has 0 aliphatic carbocycles. The first-order valence-corrected chi connectivity index (χ1v) is 8.15. The summed E-state index contributed by atoms with van der Waals surface area (Å²) in [7, 11) is 1.99. The minimum atomic E-state index is 0.418. The smallest absolute Gasteiger partial charge is 0.137 e. The van der Waals surface area contributed by atoms with Crippen LogP contribution in [0, 0.1) is 6.92 Å². The highest BCUT2D eigenvalue weighted by molar-refractivity contribution is 5.15. The minimum absolute atomic E-state index is 0.418. The van der Waals surface area contributed by atoms with Crippen LogP contribution >= 0.6 is 0 Å². The van der Waals surface area contributed by atoms with Crippen molar-refractivity contribution in [2.45, 2.75) is 52.1 Å². The molecule has 0 N–H and O–H groups in total. The van der Waals surface area contributed by atoms with Crippen molar-refractivity contribution in [3.63, 3.8) is 0 Å². The van der Waals surface area contributed by atoms with Crippen LogP contribution in [0.4, 0.5) is 0 Å². The van der Waals surface area contributed by atoms with Crippen LogP contribution in [-0.4, -0.2) is 42.5 Å². The Bertz CT molecular complexity index is 626. The molecule has 0 bridgehead atoms. The van der Waals surface area contributed by atoms with Gasteiger partial charge in [0.1, 0.15) is 12.2 Å². The van der Waals surface area contributed by atoms with Gasteiger partial charge in [-0.25, -0.2) is 0 Å². The Labute approximate surface area is 132 Å². The van der Waals surface area contributed by atoms with Crippen LogP contribution in [0.1, 0.15) is 55.7 Å². The van der Waals surface area contributed by atoms with Crippen molar-refractivity contribution in [1.82, 2.24) is 29.4 Å². The van der Waals surface area contributed by atoms with Crippen molar-refractivity contribution in [2.75, 3.05) is 13.1 Å². The van der Waals surface area contributed by atoms with Crippen molar-refractivity contribution in [3.8, 4) is 0 Å². The largest absolute Gasteiger partial charge is 0.315 e. The maximum atomic E-state index is 4.45. The third kappa shape index (κ3) is 3.06. The Morgan fingerprint density at radius 1 is 1.36 bits per heavy atom. The van der Waals surface area contributed by atoms with Gasteiger partial charge in [-0.1, -0.05) is 0 Å². The average molecular weight is 302 g/mol.